The van der Waals surface area contributed by atoms with Crippen molar-refractivity contribution in [1.82, 2.24) is 9.88 Å². The van der Waals surface area contributed by atoms with Gasteiger partial charge in [0.05, 0.1) is 6.54 Å². The monoisotopic (exact) mass is 227 g/mol. The second-order valence-electron chi connectivity index (χ2n) is 4.73. The van der Waals surface area contributed by atoms with E-state index in [1.807, 2.05) is 20.0 Å². The lowest BCUT2D eigenvalue weighted by Gasteiger charge is -2.25. The fraction of sp³-hybridized carbons (Fsp3) is 0.727. The summed E-state index contributed by atoms with van der Waals surface area (Å²) in [6.07, 6.45) is 3.05. The summed E-state index contributed by atoms with van der Waals surface area (Å²) in [5.41, 5.74) is 5.82. The lowest BCUT2D eigenvalue weighted by molar-refractivity contribution is 0.263. The normalized spacial score (nSPS) is 12.4. The van der Waals surface area contributed by atoms with Crippen LogP contribution in [0.5, 0.6) is 0 Å². The van der Waals surface area contributed by atoms with Crippen LogP contribution in [-0.2, 0) is 13.0 Å². The molecule has 0 saturated heterocycles. The molecular formula is C11H21N3S. The van der Waals surface area contributed by atoms with Crippen LogP contribution >= 0.6 is 11.3 Å². The van der Waals surface area contributed by atoms with Gasteiger partial charge in [-0.2, -0.15) is 0 Å². The standard InChI is InChI=1S/C11H21N3S/c1-5-9-6-13-10(15-9)7-14(4)8-11(2,3)12/h6H,5,7-8,12H2,1-4H3. The Kier molecular flexibility index (Phi) is 4.25. The molecule has 0 radical (unpaired) electrons. The molecule has 0 bridgehead atoms. The zero-order valence-corrected chi connectivity index (χ0v) is 10.9. The van der Waals surface area contributed by atoms with Crippen LogP contribution < -0.4 is 5.73 Å². The SMILES string of the molecule is CCc1cnc(CN(C)CC(C)(C)N)s1. The van der Waals surface area contributed by atoms with Crippen molar-refractivity contribution in [2.75, 3.05) is 13.6 Å². The predicted octanol–water partition coefficient (Wildman–Crippen LogP) is 1.87. The second kappa shape index (κ2) is 5.05. The minimum Gasteiger partial charge on any atom is -0.324 e. The Bertz CT molecular complexity index is 301. The predicted molar refractivity (Wildman–Crippen MR) is 66.1 cm³/mol. The van der Waals surface area contributed by atoms with Gasteiger partial charge in [-0.05, 0) is 27.3 Å². The summed E-state index contributed by atoms with van der Waals surface area (Å²) < 4.78 is 0. The van der Waals surface area contributed by atoms with Crippen LogP contribution in [-0.4, -0.2) is 29.0 Å². The van der Waals surface area contributed by atoms with Crippen molar-refractivity contribution in [3.8, 4) is 0 Å². The molecule has 1 rings (SSSR count). The summed E-state index contributed by atoms with van der Waals surface area (Å²) in [7, 11) is 2.08. The molecule has 1 aromatic rings. The Morgan fingerprint density at radius 2 is 2.20 bits per heavy atom. The van der Waals surface area contributed by atoms with E-state index in [2.05, 4.69) is 23.9 Å². The molecule has 86 valence electrons. The first kappa shape index (κ1) is 12.6. The van der Waals surface area contributed by atoms with Gasteiger partial charge in [-0.3, -0.25) is 4.90 Å². The third kappa shape index (κ3) is 4.73. The van der Waals surface area contributed by atoms with Crippen LogP contribution in [0, 0.1) is 0 Å². The van der Waals surface area contributed by atoms with Gasteiger partial charge in [-0.15, -0.1) is 11.3 Å². The van der Waals surface area contributed by atoms with E-state index in [9.17, 15) is 0 Å². The minimum atomic E-state index is -0.139. The lowest BCUT2D eigenvalue weighted by atomic mass is 10.1. The van der Waals surface area contributed by atoms with Crippen LogP contribution in [0.4, 0.5) is 0 Å². The van der Waals surface area contributed by atoms with Gasteiger partial charge >= 0.3 is 0 Å². The molecule has 0 amide bonds. The fourth-order valence-electron chi connectivity index (χ4n) is 1.57. The van der Waals surface area contributed by atoms with E-state index in [1.54, 1.807) is 11.3 Å². The molecule has 15 heavy (non-hydrogen) atoms. The molecule has 1 aromatic heterocycles. The zero-order chi connectivity index (χ0) is 11.5. The summed E-state index contributed by atoms with van der Waals surface area (Å²) >= 11 is 1.79. The average molecular weight is 227 g/mol. The van der Waals surface area contributed by atoms with Gasteiger partial charge in [0.15, 0.2) is 0 Å². The number of aryl methyl sites for hydroxylation is 1. The van der Waals surface area contributed by atoms with E-state index in [0.717, 1.165) is 19.5 Å². The highest BCUT2D eigenvalue weighted by Crippen LogP contribution is 2.15. The van der Waals surface area contributed by atoms with Crippen LogP contribution in [0.25, 0.3) is 0 Å². The second-order valence-corrected chi connectivity index (χ2v) is 5.93. The molecule has 3 nitrogen and oxygen atoms in total. The molecule has 0 aliphatic rings. The number of likely N-dealkylation sites (N-methyl/N-ethyl adjacent to an activating group) is 1. The van der Waals surface area contributed by atoms with Gasteiger partial charge in [-0.1, -0.05) is 6.92 Å². The Morgan fingerprint density at radius 3 is 2.67 bits per heavy atom. The topological polar surface area (TPSA) is 42.2 Å². The van der Waals surface area contributed by atoms with Gasteiger partial charge < -0.3 is 5.73 Å². The highest BCUT2D eigenvalue weighted by atomic mass is 32.1. The summed E-state index contributed by atoms with van der Waals surface area (Å²) in [4.78, 5) is 7.97. The third-order valence-corrected chi connectivity index (χ3v) is 3.16. The van der Waals surface area contributed by atoms with Gasteiger partial charge in [0.1, 0.15) is 5.01 Å². The Balaban J connectivity index is 2.47. The van der Waals surface area contributed by atoms with Crippen molar-refractivity contribution in [3.63, 3.8) is 0 Å². The van der Waals surface area contributed by atoms with E-state index >= 15 is 0 Å². The van der Waals surface area contributed by atoms with E-state index < -0.39 is 0 Å². The maximum atomic E-state index is 5.96. The first-order chi connectivity index (χ1) is 6.90. The molecule has 0 aliphatic carbocycles. The Labute approximate surface area is 96.3 Å². The van der Waals surface area contributed by atoms with Gasteiger partial charge in [-0.25, -0.2) is 4.98 Å². The number of nitrogens with two attached hydrogens (primary N) is 1. The quantitative estimate of drug-likeness (QED) is 0.835. The van der Waals surface area contributed by atoms with E-state index in [-0.39, 0.29) is 5.54 Å². The van der Waals surface area contributed by atoms with E-state index in [0.29, 0.717) is 0 Å². The smallest absolute Gasteiger partial charge is 0.107 e. The molecule has 0 atom stereocenters. The van der Waals surface area contributed by atoms with Crippen LogP contribution in [0.3, 0.4) is 0 Å². The highest BCUT2D eigenvalue weighted by Gasteiger charge is 2.14. The van der Waals surface area contributed by atoms with E-state index in [1.165, 1.54) is 9.88 Å². The average Bonchev–Trinajstić information content (AvgIpc) is 2.48. The molecule has 0 unspecified atom stereocenters. The summed E-state index contributed by atoms with van der Waals surface area (Å²) in [6, 6.07) is 0. The maximum Gasteiger partial charge on any atom is 0.107 e. The number of hydrogen-bond donors (Lipinski definition) is 1. The summed E-state index contributed by atoms with van der Waals surface area (Å²) in [5.74, 6) is 0. The van der Waals surface area contributed by atoms with Crippen molar-refractivity contribution in [1.29, 1.82) is 0 Å². The lowest BCUT2D eigenvalue weighted by Crippen LogP contribution is -2.43. The van der Waals surface area contributed by atoms with Crippen molar-refractivity contribution < 1.29 is 0 Å². The number of aromatic nitrogens is 1. The number of hydrogen-bond acceptors (Lipinski definition) is 4. The van der Waals surface area contributed by atoms with Crippen LogP contribution in [0.15, 0.2) is 6.20 Å². The summed E-state index contributed by atoms with van der Waals surface area (Å²) in [6.45, 7) is 8.02. The molecule has 2 N–H and O–H groups in total. The van der Waals surface area contributed by atoms with Crippen molar-refractivity contribution in [2.45, 2.75) is 39.3 Å². The van der Waals surface area contributed by atoms with Crippen LogP contribution in [0.2, 0.25) is 0 Å². The number of thiazole rings is 1. The highest BCUT2D eigenvalue weighted by molar-refractivity contribution is 7.11. The molecule has 0 aliphatic heterocycles. The first-order valence-electron chi connectivity index (χ1n) is 5.31. The molecule has 0 saturated carbocycles. The molecule has 0 fully saturated rings. The first-order valence-corrected chi connectivity index (χ1v) is 6.13. The molecule has 1 heterocycles. The largest absolute Gasteiger partial charge is 0.324 e. The van der Waals surface area contributed by atoms with Crippen LogP contribution in [0.1, 0.15) is 30.7 Å². The molecule has 0 spiro atoms. The molecule has 0 aromatic carbocycles. The minimum absolute atomic E-state index is 0.139. The van der Waals surface area contributed by atoms with Crippen molar-refractivity contribution in [2.24, 2.45) is 5.73 Å². The van der Waals surface area contributed by atoms with E-state index in [4.69, 9.17) is 5.73 Å². The van der Waals surface area contributed by atoms with Gasteiger partial charge in [0, 0.05) is 23.2 Å². The third-order valence-electron chi connectivity index (χ3n) is 2.03. The van der Waals surface area contributed by atoms with Gasteiger partial charge in [0.25, 0.3) is 0 Å². The summed E-state index contributed by atoms with van der Waals surface area (Å²) in [5, 5.41) is 1.18. The van der Waals surface area contributed by atoms with Crippen molar-refractivity contribution >= 4 is 11.3 Å². The molecule has 4 heteroatoms. The Morgan fingerprint density at radius 1 is 1.53 bits per heavy atom. The van der Waals surface area contributed by atoms with Crippen molar-refractivity contribution in [3.05, 3.63) is 16.1 Å². The Hall–Kier alpha value is -0.450. The zero-order valence-electron chi connectivity index (χ0n) is 10.1. The van der Waals surface area contributed by atoms with Gasteiger partial charge in [0.2, 0.25) is 0 Å². The maximum absolute atomic E-state index is 5.96. The number of rotatable bonds is 5. The molecular weight excluding hydrogens is 206 g/mol. The number of nitrogens with zero attached hydrogens (tertiary/aromatic N) is 2. The fourth-order valence-corrected chi connectivity index (χ4v) is 2.51.